The van der Waals surface area contributed by atoms with Crippen molar-refractivity contribution in [2.24, 2.45) is 0 Å². The van der Waals surface area contributed by atoms with Crippen LogP contribution in [0.3, 0.4) is 0 Å². The third-order valence-electron chi connectivity index (χ3n) is 5.11. The van der Waals surface area contributed by atoms with Crippen molar-refractivity contribution in [2.45, 2.75) is 25.7 Å². The van der Waals surface area contributed by atoms with Crippen molar-refractivity contribution in [3.8, 4) is 17.2 Å². The van der Waals surface area contributed by atoms with Crippen molar-refractivity contribution in [3.05, 3.63) is 47.8 Å². The molecule has 1 aliphatic rings. The van der Waals surface area contributed by atoms with Gasteiger partial charge in [0, 0.05) is 35.7 Å². The van der Waals surface area contributed by atoms with Crippen molar-refractivity contribution in [3.63, 3.8) is 0 Å². The van der Waals surface area contributed by atoms with Crippen LogP contribution in [0.15, 0.2) is 35.1 Å². The molecule has 5 heterocycles. The molecule has 0 saturated carbocycles. The molecule has 0 radical (unpaired) electrons. The average Bonchev–Trinajstić information content (AvgIpc) is 3.48. The molecule has 1 atom stereocenters. The summed E-state index contributed by atoms with van der Waals surface area (Å²) in [5, 5.41) is 21.5. The number of nitrogens with zero attached hydrogens (tertiary/aromatic N) is 5. The van der Waals surface area contributed by atoms with E-state index in [9.17, 15) is 0 Å². The van der Waals surface area contributed by atoms with Crippen LogP contribution < -0.4 is 10.6 Å². The van der Waals surface area contributed by atoms with Gasteiger partial charge in [0.15, 0.2) is 5.65 Å². The molecule has 0 unspecified atom stereocenters. The first-order valence-corrected chi connectivity index (χ1v) is 10.3. The molecule has 9 heteroatoms. The van der Waals surface area contributed by atoms with E-state index in [-0.39, 0.29) is 5.76 Å². The van der Waals surface area contributed by atoms with Crippen molar-refractivity contribution < 1.29 is 4.42 Å². The SMILES string of the molecule is Cc1cc(Nc2cc([C@@H]3CCCNC3)nc3c(-c4coc(C#N)c4)cnn23)sn1. The number of aryl methyl sites for hydroxylation is 1. The minimum Gasteiger partial charge on any atom is -0.453 e. The van der Waals surface area contributed by atoms with Gasteiger partial charge >= 0.3 is 0 Å². The van der Waals surface area contributed by atoms with Gasteiger partial charge in [-0.2, -0.15) is 19.2 Å². The van der Waals surface area contributed by atoms with Crippen LogP contribution in [0.4, 0.5) is 10.8 Å². The van der Waals surface area contributed by atoms with E-state index >= 15 is 0 Å². The van der Waals surface area contributed by atoms with Gasteiger partial charge in [0.1, 0.15) is 23.2 Å². The van der Waals surface area contributed by atoms with Gasteiger partial charge < -0.3 is 15.1 Å². The summed E-state index contributed by atoms with van der Waals surface area (Å²) >= 11 is 1.42. The number of rotatable bonds is 4. The standard InChI is InChI=1S/C20H19N7OS/c1-12-5-19(29-26-12)25-18-7-17(13-3-2-4-22-9-13)24-20-16(10-23-27(18)20)14-6-15(8-21)28-11-14/h5-7,10-11,13,22,25H,2-4,9H2,1H3/t13-/m1/s1. The Morgan fingerprint density at radius 3 is 3.03 bits per heavy atom. The van der Waals surface area contributed by atoms with Crippen molar-refractivity contribution in [2.75, 3.05) is 18.4 Å². The minimum absolute atomic E-state index is 0.269. The van der Waals surface area contributed by atoms with Gasteiger partial charge in [0.2, 0.25) is 5.76 Å². The van der Waals surface area contributed by atoms with E-state index in [1.54, 1.807) is 23.0 Å². The second kappa shape index (κ2) is 7.31. The highest BCUT2D eigenvalue weighted by Gasteiger charge is 2.21. The molecule has 29 heavy (non-hydrogen) atoms. The van der Waals surface area contributed by atoms with Gasteiger partial charge in [-0.15, -0.1) is 0 Å². The fourth-order valence-corrected chi connectivity index (χ4v) is 4.34. The lowest BCUT2D eigenvalue weighted by Crippen LogP contribution is -2.29. The Balaban J connectivity index is 1.64. The van der Waals surface area contributed by atoms with E-state index in [2.05, 4.69) is 26.2 Å². The number of nitrogens with one attached hydrogen (secondary N) is 2. The minimum atomic E-state index is 0.269. The molecule has 8 nitrogen and oxygen atoms in total. The topological polar surface area (TPSA) is 104 Å². The molecular formula is C20H19N7OS. The molecule has 4 aromatic rings. The monoisotopic (exact) mass is 405 g/mol. The fraction of sp³-hybridized carbons (Fsp3) is 0.300. The predicted octanol–water partition coefficient (Wildman–Crippen LogP) is 3.84. The molecule has 0 aliphatic carbocycles. The zero-order valence-corrected chi connectivity index (χ0v) is 16.7. The second-order valence-corrected chi connectivity index (χ2v) is 7.98. The first kappa shape index (κ1) is 17.8. The molecule has 0 spiro atoms. The summed E-state index contributed by atoms with van der Waals surface area (Å²) in [5.41, 5.74) is 4.37. The Kier molecular flexibility index (Phi) is 4.50. The summed E-state index contributed by atoms with van der Waals surface area (Å²) in [6.45, 7) is 3.94. The molecule has 4 aromatic heterocycles. The Hall–Kier alpha value is -3.22. The lowest BCUT2D eigenvalue weighted by Gasteiger charge is -2.23. The predicted molar refractivity (Wildman–Crippen MR) is 110 cm³/mol. The van der Waals surface area contributed by atoms with Gasteiger partial charge in [-0.05, 0) is 43.9 Å². The fourth-order valence-electron chi connectivity index (χ4n) is 3.67. The van der Waals surface area contributed by atoms with E-state index in [1.807, 2.05) is 19.1 Å². The molecule has 0 amide bonds. The molecule has 0 bridgehead atoms. The van der Waals surface area contributed by atoms with Crippen LogP contribution in [0, 0.1) is 18.3 Å². The van der Waals surface area contributed by atoms with E-state index in [0.29, 0.717) is 5.92 Å². The number of aromatic nitrogens is 4. The van der Waals surface area contributed by atoms with E-state index in [0.717, 1.165) is 64.9 Å². The maximum absolute atomic E-state index is 9.08. The summed E-state index contributed by atoms with van der Waals surface area (Å²) < 4.78 is 11.4. The van der Waals surface area contributed by atoms with Gasteiger partial charge in [-0.1, -0.05) is 0 Å². The zero-order chi connectivity index (χ0) is 19.8. The Morgan fingerprint density at radius 2 is 2.31 bits per heavy atom. The van der Waals surface area contributed by atoms with Gasteiger partial charge in [-0.3, -0.25) is 0 Å². The number of hydrogen-bond donors (Lipinski definition) is 2. The molecule has 1 saturated heterocycles. The molecule has 5 rings (SSSR count). The zero-order valence-electron chi connectivity index (χ0n) is 15.8. The smallest absolute Gasteiger partial charge is 0.203 e. The number of hydrogen-bond acceptors (Lipinski definition) is 8. The molecule has 2 N–H and O–H groups in total. The van der Waals surface area contributed by atoms with Gasteiger partial charge in [0.05, 0.1) is 17.6 Å². The number of piperidine rings is 1. The van der Waals surface area contributed by atoms with Crippen LogP contribution >= 0.6 is 11.5 Å². The largest absolute Gasteiger partial charge is 0.453 e. The van der Waals surface area contributed by atoms with E-state index in [4.69, 9.17) is 14.7 Å². The van der Waals surface area contributed by atoms with Gasteiger partial charge in [0.25, 0.3) is 0 Å². The quantitative estimate of drug-likeness (QED) is 0.531. The highest BCUT2D eigenvalue weighted by Crippen LogP contribution is 2.32. The highest BCUT2D eigenvalue weighted by molar-refractivity contribution is 7.10. The third kappa shape index (κ3) is 3.37. The third-order valence-corrected chi connectivity index (χ3v) is 5.90. The lowest BCUT2D eigenvalue weighted by atomic mass is 9.96. The summed E-state index contributed by atoms with van der Waals surface area (Å²) in [6, 6.07) is 7.83. The van der Waals surface area contributed by atoms with Crippen molar-refractivity contribution in [1.29, 1.82) is 5.26 Å². The number of anilines is 2. The number of nitriles is 1. The number of furan rings is 1. The van der Waals surface area contributed by atoms with Crippen LogP contribution in [0.5, 0.6) is 0 Å². The first-order chi connectivity index (χ1) is 14.2. The maximum atomic E-state index is 9.08. The second-order valence-electron chi connectivity index (χ2n) is 7.17. The van der Waals surface area contributed by atoms with Crippen LogP contribution in [-0.4, -0.2) is 32.1 Å². The van der Waals surface area contributed by atoms with Gasteiger partial charge in [-0.25, -0.2) is 4.98 Å². The Labute approximate surface area is 171 Å². The van der Waals surface area contributed by atoms with E-state index in [1.165, 1.54) is 11.5 Å². The molecule has 146 valence electrons. The van der Waals surface area contributed by atoms with Crippen molar-refractivity contribution >= 4 is 28.0 Å². The Bertz CT molecular complexity index is 1210. The average molecular weight is 405 g/mol. The molecular weight excluding hydrogens is 386 g/mol. The summed E-state index contributed by atoms with van der Waals surface area (Å²) in [6.07, 6.45) is 5.57. The van der Waals surface area contributed by atoms with Crippen molar-refractivity contribution in [1.82, 2.24) is 24.3 Å². The summed E-state index contributed by atoms with van der Waals surface area (Å²) in [5.74, 6) is 1.46. The number of fused-ring (bicyclic) bond motifs is 1. The normalized spacial score (nSPS) is 16.8. The van der Waals surface area contributed by atoms with E-state index < -0.39 is 0 Å². The molecule has 1 fully saturated rings. The van der Waals surface area contributed by atoms with Crippen LogP contribution in [0.25, 0.3) is 16.8 Å². The first-order valence-electron chi connectivity index (χ1n) is 9.50. The summed E-state index contributed by atoms with van der Waals surface area (Å²) in [4.78, 5) is 4.96. The summed E-state index contributed by atoms with van der Waals surface area (Å²) in [7, 11) is 0. The van der Waals surface area contributed by atoms with Crippen LogP contribution in [-0.2, 0) is 0 Å². The lowest BCUT2D eigenvalue weighted by molar-refractivity contribution is 0.455. The Morgan fingerprint density at radius 1 is 1.38 bits per heavy atom. The highest BCUT2D eigenvalue weighted by atomic mass is 32.1. The maximum Gasteiger partial charge on any atom is 0.203 e. The molecule has 1 aliphatic heterocycles. The van der Waals surface area contributed by atoms with Crippen LogP contribution in [0.1, 0.15) is 35.9 Å². The van der Waals surface area contributed by atoms with Crippen LogP contribution in [0.2, 0.25) is 0 Å². The molecule has 0 aromatic carbocycles.